The molecule has 1 fully saturated rings. The summed E-state index contributed by atoms with van der Waals surface area (Å²) in [5.41, 5.74) is 2.93. The highest BCUT2D eigenvalue weighted by Crippen LogP contribution is 2.34. The zero-order valence-corrected chi connectivity index (χ0v) is 12.9. The minimum atomic E-state index is 0.454. The van der Waals surface area contributed by atoms with Crippen LogP contribution in [0.5, 0.6) is 0 Å². The largest absolute Gasteiger partial charge is 0.307 e. The highest BCUT2D eigenvalue weighted by Gasteiger charge is 2.27. The molecular weight excluding hydrogens is 262 g/mol. The summed E-state index contributed by atoms with van der Waals surface area (Å²) in [6, 6.07) is 14.3. The normalized spacial score (nSPS) is 24.4. The van der Waals surface area contributed by atoms with Crippen LogP contribution in [0.1, 0.15) is 55.7 Å². The molecule has 0 aliphatic heterocycles. The molecule has 3 unspecified atom stereocenters. The van der Waals surface area contributed by atoms with Crippen molar-refractivity contribution in [3.8, 4) is 0 Å². The zero-order valence-electron chi connectivity index (χ0n) is 12.1. The van der Waals surface area contributed by atoms with E-state index in [1.807, 2.05) is 0 Å². The van der Waals surface area contributed by atoms with Gasteiger partial charge in [-0.25, -0.2) is 0 Å². The predicted molar refractivity (Wildman–Crippen MR) is 87.3 cm³/mol. The van der Waals surface area contributed by atoms with E-state index in [1.54, 1.807) is 11.3 Å². The Balaban J connectivity index is 1.73. The molecule has 1 aromatic carbocycles. The van der Waals surface area contributed by atoms with Crippen LogP contribution in [0.4, 0.5) is 0 Å². The van der Waals surface area contributed by atoms with Gasteiger partial charge in [0.05, 0.1) is 0 Å². The standard InChI is InChI=1S/C18H23NS/c1-14(16-11-12-20-13-16)19-18-10-6-5-9-17(18)15-7-3-2-4-8-15/h2-4,7-8,11-14,17-19H,5-6,9-10H2,1H3. The molecule has 2 aromatic rings. The maximum atomic E-state index is 3.88. The first-order valence-corrected chi connectivity index (χ1v) is 8.62. The molecule has 0 radical (unpaired) electrons. The van der Waals surface area contributed by atoms with Crippen LogP contribution in [-0.4, -0.2) is 6.04 Å². The molecule has 1 heterocycles. The van der Waals surface area contributed by atoms with E-state index in [4.69, 9.17) is 0 Å². The Labute approximate surface area is 126 Å². The lowest BCUT2D eigenvalue weighted by atomic mass is 9.79. The molecular formula is C18H23NS. The lowest BCUT2D eigenvalue weighted by Gasteiger charge is -2.34. The van der Waals surface area contributed by atoms with Crippen molar-refractivity contribution in [2.75, 3.05) is 0 Å². The Kier molecular flexibility index (Phi) is 4.54. The second-order valence-electron chi connectivity index (χ2n) is 5.85. The maximum Gasteiger partial charge on any atom is 0.0302 e. The van der Waals surface area contributed by atoms with Gasteiger partial charge in [-0.1, -0.05) is 43.2 Å². The quantitative estimate of drug-likeness (QED) is 0.821. The number of thiophene rings is 1. The van der Waals surface area contributed by atoms with Gasteiger partial charge in [-0.15, -0.1) is 0 Å². The van der Waals surface area contributed by atoms with Gasteiger partial charge in [-0.2, -0.15) is 11.3 Å². The van der Waals surface area contributed by atoms with Crippen LogP contribution in [-0.2, 0) is 0 Å². The van der Waals surface area contributed by atoms with Gasteiger partial charge in [0.1, 0.15) is 0 Å². The maximum absolute atomic E-state index is 3.88. The Morgan fingerprint density at radius 1 is 1.10 bits per heavy atom. The molecule has 0 saturated heterocycles. The Morgan fingerprint density at radius 3 is 2.65 bits per heavy atom. The predicted octanol–water partition coefficient (Wildman–Crippen LogP) is 5.13. The van der Waals surface area contributed by atoms with Crippen molar-refractivity contribution in [3.05, 3.63) is 58.3 Å². The summed E-state index contributed by atoms with van der Waals surface area (Å²) in [6.07, 6.45) is 5.34. The van der Waals surface area contributed by atoms with E-state index in [9.17, 15) is 0 Å². The van der Waals surface area contributed by atoms with E-state index in [2.05, 4.69) is 59.4 Å². The number of hydrogen-bond donors (Lipinski definition) is 1. The molecule has 2 heteroatoms. The Bertz CT molecular complexity index is 505. The van der Waals surface area contributed by atoms with Gasteiger partial charge in [-0.3, -0.25) is 0 Å². The van der Waals surface area contributed by atoms with E-state index in [-0.39, 0.29) is 0 Å². The molecule has 0 amide bonds. The molecule has 1 aliphatic carbocycles. The average Bonchev–Trinajstić information content (AvgIpc) is 3.03. The van der Waals surface area contributed by atoms with E-state index in [0.29, 0.717) is 18.0 Å². The van der Waals surface area contributed by atoms with Crippen molar-refractivity contribution in [1.29, 1.82) is 0 Å². The molecule has 20 heavy (non-hydrogen) atoms. The second kappa shape index (κ2) is 6.55. The molecule has 1 aliphatic rings. The molecule has 3 rings (SSSR count). The summed E-state index contributed by atoms with van der Waals surface area (Å²) >= 11 is 1.79. The second-order valence-corrected chi connectivity index (χ2v) is 6.63. The third kappa shape index (κ3) is 3.13. The summed E-state index contributed by atoms with van der Waals surface area (Å²) in [5.74, 6) is 0.672. The van der Waals surface area contributed by atoms with Gasteiger partial charge >= 0.3 is 0 Å². The van der Waals surface area contributed by atoms with Gasteiger partial charge in [0, 0.05) is 12.1 Å². The summed E-state index contributed by atoms with van der Waals surface area (Å²) in [6.45, 7) is 2.29. The van der Waals surface area contributed by atoms with E-state index >= 15 is 0 Å². The van der Waals surface area contributed by atoms with Crippen molar-refractivity contribution in [2.24, 2.45) is 0 Å². The van der Waals surface area contributed by atoms with Gasteiger partial charge < -0.3 is 5.32 Å². The average molecular weight is 285 g/mol. The summed E-state index contributed by atoms with van der Waals surface area (Å²) in [4.78, 5) is 0. The van der Waals surface area contributed by atoms with Crippen LogP contribution >= 0.6 is 11.3 Å². The lowest BCUT2D eigenvalue weighted by Crippen LogP contribution is -2.38. The SMILES string of the molecule is CC(NC1CCCCC1c1ccccc1)c1ccsc1. The molecule has 1 nitrogen and oxygen atoms in total. The topological polar surface area (TPSA) is 12.0 Å². The number of hydrogen-bond acceptors (Lipinski definition) is 2. The van der Waals surface area contributed by atoms with Crippen LogP contribution in [0.2, 0.25) is 0 Å². The fourth-order valence-corrected chi connectivity index (χ4v) is 4.12. The smallest absolute Gasteiger partial charge is 0.0302 e. The molecule has 1 N–H and O–H groups in total. The minimum absolute atomic E-state index is 0.454. The van der Waals surface area contributed by atoms with Crippen LogP contribution in [0, 0.1) is 0 Å². The van der Waals surface area contributed by atoms with E-state index in [1.165, 1.54) is 36.8 Å². The third-order valence-corrected chi connectivity index (χ3v) is 5.20. The van der Waals surface area contributed by atoms with E-state index in [0.717, 1.165) is 0 Å². The number of rotatable bonds is 4. The Hall–Kier alpha value is -1.12. The van der Waals surface area contributed by atoms with Crippen molar-refractivity contribution in [1.82, 2.24) is 5.32 Å². The number of nitrogens with one attached hydrogen (secondary N) is 1. The molecule has 0 bridgehead atoms. The van der Waals surface area contributed by atoms with Crippen molar-refractivity contribution in [2.45, 2.75) is 50.6 Å². The van der Waals surface area contributed by atoms with Crippen molar-refractivity contribution >= 4 is 11.3 Å². The first kappa shape index (κ1) is 13.8. The van der Waals surface area contributed by atoms with E-state index < -0.39 is 0 Å². The summed E-state index contributed by atoms with van der Waals surface area (Å²) in [5, 5.41) is 8.31. The fraction of sp³-hybridized carbons (Fsp3) is 0.444. The van der Waals surface area contributed by atoms with Crippen LogP contribution < -0.4 is 5.32 Å². The summed E-state index contributed by atoms with van der Waals surface area (Å²) < 4.78 is 0. The van der Waals surface area contributed by atoms with Crippen LogP contribution in [0.15, 0.2) is 47.2 Å². The van der Waals surface area contributed by atoms with Crippen molar-refractivity contribution in [3.63, 3.8) is 0 Å². The zero-order chi connectivity index (χ0) is 13.8. The van der Waals surface area contributed by atoms with Crippen LogP contribution in [0.3, 0.4) is 0 Å². The lowest BCUT2D eigenvalue weighted by molar-refractivity contribution is 0.306. The fourth-order valence-electron chi connectivity index (χ4n) is 3.37. The molecule has 3 atom stereocenters. The van der Waals surface area contributed by atoms with Gasteiger partial charge in [0.25, 0.3) is 0 Å². The minimum Gasteiger partial charge on any atom is -0.307 e. The first-order valence-electron chi connectivity index (χ1n) is 7.67. The molecule has 0 spiro atoms. The van der Waals surface area contributed by atoms with Gasteiger partial charge in [-0.05, 0) is 53.6 Å². The van der Waals surface area contributed by atoms with Crippen LogP contribution in [0.25, 0.3) is 0 Å². The highest BCUT2D eigenvalue weighted by atomic mass is 32.1. The first-order chi connectivity index (χ1) is 9.84. The Morgan fingerprint density at radius 2 is 1.90 bits per heavy atom. The highest BCUT2D eigenvalue weighted by molar-refractivity contribution is 7.07. The summed E-state index contributed by atoms with van der Waals surface area (Å²) in [7, 11) is 0. The molecule has 106 valence electrons. The number of benzene rings is 1. The molecule has 1 saturated carbocycles. The van der Waals surface area contributed by atoms with Crippen molar-refractivity contribution < 1.29 is 0 Å². The monoisotopic (exact) mass is 285 g/mol. The van der Waals surface area contributed by atoms with Gasteiger partial charge in [0.2, 0.25) is 0 Å². The third-order valence-electron chi connectivity index (χ3n) is 4.50. The molecule has 1 aromatic heterocycles. The van der Waals surface area contributed by atoms with Gasteiger partial charge in [0.15, 0.2) is 0 Å².